The highest BCUT2D eigenvalue weighted by Gasteiger charge is 2.28. The molecule has 2 heterocycles. The van der Waals surface area contributed by atoms with Crippen molar-refractivity contribution in [2.24, 2.45) is 0 Å². The van der Waals surface area contributed by atoms with Crippen LogP contribution in [0, 0.1) is 5.82 Å². The molecule has 1 fully saturated rings. The molecule has 12 heteroatoms. The number of amides is 1. The maximum atomic E-state index is 14.0. The minimum Gasteiger partial charge on any atom is -0.387 e. The molecule has 1 aliphatic carbocycles. The van der Waals surface area contributed by atoms with E-state index in [1.165, 1.54) is 24.3 Å². The number of carbonyl (C=O) groups excluding carboxylic acids is 1. The molecule has 0 radical (unpaired) electrons. The Morgan fingerprint density at radius 1 is 1.21 bits per heavy atom. The largest absolute Gasteiger partial charge is 0.387 e. The Hall–Kier alpha value is -3.38. The summed E-state index contributed by atoms with van der Waals surface area (Å²) in [5.41, 5.74) is -1.31. The quantitative estimate of drug-likeness (QED) is 0.536. The maximum absolute atomic E-state index is 14.0. The van der Waals surface area contributed by atoms with E-state index in [2.05, 4.69) is 10.3 Å². The van der Waals surface area contributed by atoms with Crippen LogP contribution < -0.4 is 16.6 Å². The highest BCUT2D eigenvalue weighted by Crippen LogP contribution is 2.27. The molecule has 10 nitrogen and oxygen atoms in total. The zero-order valence-electron chi connectivity index (χ0n) is 18.3. The van der Waals surface area contributed by atoms with Gasteiger partial charge in [0.1, 0.15) is 12.4 Å². The highest BCUT2D eigenvalue weighted by molar-refractivity contribution is 7.90. The van der Waals surface area contributed by atoms with Crippen LogP contribution in [0.2, 0.25) is 0 Å². The highest BCUT2D eigenvalue weighted by atomic mass is 32.2. The van der Waals surface area contributed by atoms with Crippen LogP contribution in [-0.2, 0) is 14.6 Å². The van der Waals surface area contributed by atoms with Gasteiger partial charge in [0, 0.05) is 18.3 Å². The number of nitrogens with one attached hydrogen (secondary N) is 1. The lowest BCUT2D eigenvalue weighted by atomic mass is 9.91. The first-order valence-electron chi connectivity index (χ1n) is 10.6. The standard InChI is InChI=1S/C22H23FN4O6S/c1-34(32,33)17-4-2-3-16(10-17)26-20-18(9-13(23)11-24-20)21(30)27(22(26)31)15-7-5-14(6-8-15)25-19(29)12-28/h2-4,9-11,14-15,28H,5-8,12H2,1H3,(H,25,29)/t14-,15+. The summed E-state index contributed by atoms with van der Waals surface area (Å²) >= 11 is 0. The second kappa shape index (κ2) is 9.11. The molecule has 2 N–H and O–H groups in total. The average Bonchev–Trinajstić information content (AvgIpc) is 2.80. The predicted molar refractivity (Wildman–Crippen MR) is 121 cm³/mol. The van der Waals surface area contributed by atoms with Gasteiger partial charge in [-0.25, -0.2) is 27.2 Å². The van der Waals surface area contributed by atoms with Crippen LogP contribution >= 0.6 is 0 Å². The molecule has 3 aromatic rings. The lowest BCUT2D eigenvalue weighted by molar-refractivity contribution is -0.124. The van der Waals surface area contributed by atoms with Crippen molar-refractivity contribution in [2.45, 2.75) is 42.7 Å². The Morgan fingerprint density at radius 2 is 1.91 bits per heavy atom. The molecule has 4 rings (SSSR count). The zero-order valence-corrected chi connectivity index (χ0v) is 19.1. The fourth-order valence-corrected chi connectivity index (χ4v) is 5.00. The molecule has 0 atom stereocenters. The summed E-state index contributed by atoms with van der Waals surface area (Å²) in [5.74, 6) is -1.25. The third-order valence-corrected chi connectivity index (χ3v) is 7.08. The first kappa shape index (κ1) is 23.8. The monoisotopic (exact) mass is 490 g/mol. The van der Waals surface area contributed by atoms with Gasteiger partial charge in [0.05, 0.1) is 22.2 Å². The summed E-state index contributed by atoms with van der Waals surface area (Å²) in [5, 5.41) is 11.5. The number of fused-ring (bicyclic) bond motifs is 1. The fraction of sp³-hybridized carbons (Fsp3) is 0.364. The molecule has 0 unspecified atom stereocenters. The Morgan fingerprint density at radius 3 is 2.56 bits per heavy atom. The molecule has 34 heavy (non-hydrogen) atoms. The van der Waals surface area contributed by atoms with Gasteiger partial charge in [0.25, 0.3) is 5.56 Å². The Balaban J connectivity index is 1.86. The molecule has 0 saturated heterocycles. The van der Waals surface area contributed by atoms with Gasteiger partial charge in [-0.3, -0.25) is 14.2 Å². The van der Waals surface area contributed by atoms with Crippen LogP contribution in [0.1, 0.15) is 31.7 Å². The van der Waals surface area contributed by atoms with Crippen molar-refractivity contribution in [3.8, 4) is 5.69 Å². The normalized spacial score (nSPS) is 18.7. The van der Waals surface area contributed by atoms with Crippen LogP contribution in [0.15, 0.2) is 51.0 Å². The first-order chi connectivity index (χ1) is 16.1. The number of rotatable bonds is 5. The number of hydrogen-bond donors (Lipinski definition) is 2. The van der Waals surface area contributed by atoms with Gasteiger partial charge in [-0.05, 0) is 49.9 Å². The van der Waals surface area contributed by atoms with Crippen molar-refractivity contribution in [3.63, 3.8) is 0 Å². The van der Waals surface area contributed by atoms with Gasteiger partial charge >= 0.3 is 5.69 Å². The summed E-state index contributed by atoms with van der Waals surface area (Å²) < 4.78 is 40.3. The van der Waals surface area contributed by atoms with E-state index in [4.69, 9.17) is 5.11 Å². The predicted octanol–water partition coefficient (Wildman–Crippen LogP) is 0.682. The van der Waals surface area contributed by atoms with Crippen LogP contribution in [0.5, 0.6) is 0 Å². The number of aliphatic hydroxyl groups is 1. The molecule has 180 valence electrons. The van der Waals surface area contributed by atoms with E-state index in [9.17, 15) is 27.2 Å². The molecule has 1 amide bonds. The summed E-state index contributed by atoms with van der Waals surface area (Å²) in [4.78, 5) is 42.3. The number of pyridine rings is 1. The number of aliphatic hydroxyl groups excluding tert-OH is 1. The van der Waals surface area contributed by atoms with Crippen LogP contribution in [0.3, 0.4) is 0 Å². The van der Waals surface area contributed by atoms with Gasteiger partial charge in [-0.2, -0.15) is 0 Å². The van der Waals surface area contributed by atoms with E-state index in [1.54, 1.807) is 0 Å². The third kappa shape index (κ3) is 4.50. The Bertz CT molecular complexity index is 1490. The minimum absolute atomic E-state index is 0.0231. The van der Waals surface area contributed by atoms with Gasteiger partial charge in [0.15, 0.2) is 15.5 Å². The van der Waals surface area contributed by atoms with Crippen LogP contribution in [-0.4, -0.2) is 52.5 Å². The van der Waals surface area contributed by atoms with Crippen LogP contribution in [0.25, 0.3) is 16.7 Å². The number of halogens is 1. The number of carbonyl (C=O) groups is 1. The molecular formula is C22H23FN4O6S. The van der Waals surface area contributed by atoms with Crippen molar-refractivity contribution >= 4 is 26.8 Å². The van der Waals surface area contributed by atoms with E-state index in [1.807, 2.05) is 0 Å². The van der Waals surface area contributed by atoms with Crippen molar-refractivity contribution in [1.29, 1.82) is 0 Å². The van der Waals surface area contributed by atoms with Gasteiger partial charge in [-0.15, -0.1) is 0 Å². The summed E-state index contributed by atoms with van der Waals surface area (Å²) in [6.45, 7) is -0.625. The smallest absolute Gasteiger partial charge is 0.337 e. The molecule has 0 spiro atoms. The number of hydrogen-bond acceptors (Lipinski definition) is 7. The summed E-state index contributed by atoms with van der Waals surface area (Å²) in [7, 11) is -3.58. The molecule has 1 aliphatic rings. The van der Waals surface area contributed by atoms with Crippen molar-refractivity contribution < 1.29 is 22.7 Å². The molecule has 1 saturated carbocycles. The van der Waals surface area contributed by atoms with Crippen molar-refractivity contribution in [3.05, 3.63) is 63.2 Å². The van der Waals surface area contributed by atoms with Gasteiger partial charge < -0.3 is 10.4 Å². The average molecular weight is 491 g/mol. The van der Waals surface area contributed by atoms with Crippen molar-refractivity contribution in [2.75, 3.05) is 12.9 Å². The summed E-state index contributed by atoms with van der Waals surface area (Å²) in [6, 6.07) is 5.97. The van der Waals surface area contributed by atoms with E-state index >= 15 is 0 Å². The maximum Gasteiger partial charge on any atom is 0.337 e. The van der Waals surface area contributed by atoms with E-state index in [-0.39, 0.29) is 27.7 Å². The topological polar surface area (TPSA) is 140 Å². The van der Waals surface area contributed by atoms with Gasteiger partial charge in [0.2, 0.25) is 5.91 Å². The minimum atomic E-state index is -3.58. The van der Waals surface area contributed by atoms with Crippen molar-refractivity contribution in [1.82, 2.24) is 19.4 Å². The van der Waals surface area contributed by atoms with Crippen LogP contribution in [0.4, 0.5) is 4.39 Å². The Kier molecular flexibility index (Phi) is 6.36. The SMILES string of the molecule is CS(=O)(=O)c1cccc(-n2c(=O)n([C@H]3CC[C@@H](NC(=O)CO)CC3)c(=O)c3cc(F)cnc32)c1. The molecule has 0 bridgehead atoms. The number of aromatic nitrogens is 3. The Labute approximate surface area is 193 Å². The second-order valence-corrected chi connectivity index (χ2v) is 10.3. The zero-order chi connectivity index (χ0) is 24.6. The number of nitrogens with zero attached hydrogens (tertiary/aromatic N) is 3. The van der Waals surface area contributed by atoms with E-state index in [0.29, 0.717) is 25.7 Å². The lowest BCUT2D eigenvalue weighted by Gasteiger charge is -2.30. The first-order valence-corrected chi connectivity index (χ1v) is 12.5. The summed E-state index contributed by atoms with van der Waals surface area (Å²) in [6.07, 6.45) is 3.66. The van der Waals surface area contributed by atoms with Gasteiger partial charge in [-0.1, -0.05) is 6.07 Å². The second-order valence-electron chi connectivity index (χ2n) is 8.32. The number of sulfone groups is 1. The number of benzene rings is 1. The molecule has 1 aromatic carbocycles. The fourth-order valence-electron chi connectivity index (χ4n) is 4.34. The lowest BCUT2D eigenvalue weighted by Crippen LogP contribution is -2.45. The van der Waals surface area contributed by atoms with E-state index in [0.717, 1.165) is 27.7 Å². The molecule has 2 aromatic heterocycles. The molecule has 0 aliphatic heterocycles. The molecular weight excluding hydrogens is 467 g/mol. The van der Waals surface area contributed by atoms with E-state index < -0.39 is 45.5 Å². The third-order valence-electron chi connectivity index (χ3n) is 5.97.